The molecule has 1 aromatic rings. The molecule has 1 aliphatic heterocycles. The van der Waals surface area contributed by atoms with E-state index in [9.17, 15) is 4.57 Å². The van der Waals surface area contributed by atoms with Gasteiger partial charge in [0.05, 0.1) is 6.61 Å². The maximum absolute atomic E-state index is 10.8. The van der Waals surface area contributed by atoms with Crippen molar-refractivity contribution < 1.29 is 23.6 Å². The van der Waals surface area contributed by atoms with Crippen molar-refractivity contribution in [3.8, 4) is 5.75 Å². The Morgan fingerprint density at radius 3 is 2.73 bits per heavy atom. The molecule has 1 heterocycles. The smallest absolute Gasteiger partial charge is 0.469 e. The van der Waals surface area contributed by atoms with E-state index in [0.717, 1.165) is 23.4 Å². The van der Waals surface area contributed by atoms with Gasteiger partial charge in [0, 0.05) is 24.0 Å². The Hall–Kier alpha value is -0.620. The lowest BCUT2D eigenvalue weighted by molar-refractivity contribution is 0.173. The van der Waals surface area contributed by atoms with E-state index in [0.29, 0.717) is 18.7 Å². The fourth-order valence-corrected chi connectivity index (χ4v) is 3.74. The minimum atomic E-state index is -4.43. The van der Waals surface area contributed by atoms with Crippen LogP contribution < -0.4 is 10.1 Å². The van der Waals surface area contributed by atoms with E-state index in [1.165, 1.54) is 25.7 Å². The lowest BCUT2D eigenvalue weighted by atomic mass is 10.1. The minimum Gasteiger partial charge on any atom is -0.489 e. The van der Waals surface area contributed by atoms with Gasteiger partial charge in [-0.25, -0.2) is 4.57 Å². The van der Waals surface area contributed by atoms with E-state index in [2.05, 4.69) is 16.8 Å². The summed E-state index contributed by atoms with van der Waals surface area (Å²) >= 11 is 6.38. The predicted octanol–water partition coefficient (Wildman–Crippen LogP) is 4.07. The van der Waals surface area contributed by atoms with E-state index in [-0.39, 0.29) is 18.8 Å². The number of phosphoric ester groups is 1. The maximum Gasteiger partial charge on any atom is 0.469 e. The Balaban J connectivity index is 1.76. The van der Waals surface area contributed by atoms with Crippen LogP contribution in [0, 0.1) is 0 Å². The molecule has 8 heteroatoms. The molecule has 1 fully saturated rings. The molecule has 26 heavy (non-hydrogen) atoms. The van der Waals surface area contributed by atoms with Gasteiger partial charge in [0.2, 0.25) is 0 Å². The highest BCUT2D eigenvalue weighted by Gasteiger charge is 2.28. The van der Waals surface area contributed by atoms with Crippen LogP contribution in [0.1, 0.15) is 51.0 Å². The number of benzene rings is 1. The van der Waals surface area contributed by atoms with Crippen LogP contribution in [0.5, 0.6) is 5.75 Å². The van der Waals surface area contributed by atoms with Crippen molar-refractivity contribution >= 4 is 19.4 Å². The van der Waals surface area contributed by atoms with Crippen LogP contribution in [-0.2, 0) is 15.5 Å². The number of hydrogen-bond acceptors (Lipinski definition) is 4. The van der Waals surface area contributed by atoms with Crippen molar-refractivity contribution in [2.24, 2.45) is 0 Å². The van der Waals surface area contributed by atoms with Crippen molar-refractivity contribution in [3.63, 3.8) is 0 Å². The summed E-state index contributed by atoms with van der Waals surface area (Å²) in [5.74, 6) is 0.716. The Bertz CT molecular complexity index is 609. The average molecular weight is 406 g/mol. The molecule has 0 spiro atoms. The first kappa shape index (κ1) is 21.7. The molecule has 3 N–H and O–H groups in total. The normalized spacial score (nSPS) is 20.5. The lowest BCUT2D eigenvalue weighted by Crippen LogP contribution is -2.26. The van der Waals surface area contributed by atoms with Gasteiger partial charge in [-0.15, -0.1) is 0 Å². The highest BCUT2D eigenvalue weighted by atomic mass is 35.5. The molecule has 0 aliphatic carbocycles. The Morgan fingerprint density at radius 1 is 1.27 bits per heavy atom. The summed E-state index contributed by atoms with van der Waals surface area (Å²) in [6.07, 6.45) is 7.72. The topological polar surface area (TPSA) is 88.0 Å². The summed E-state index contributed by atoms with van der Waals surface area (Å²) < 4.78 is 21.2. The zero-order valence-corrected chi connectivity index (χ0v) is 16.8. The van der Waals surface area contributed by atoms with Gasteiger partial charge in [0.25, 0.3) is 0 Å². The Labute approximate surface area is 160 Å². The van der Waals surface area contributed by atoms with Crippen LogP contribution in [0.3, 0.4) is 0 Å². The summed E-state index contributed by atoms with van der Waals surface area (Å²) in [4.78, 5) is 17.5. The number of ether oxygens (including phenoxy) is 1. The van der Waals surface area contributed by atoms with Crippen molar-refractivity contribution in [1.82, 2.24) is 5.32 Å². The molecule has 148 valence electrons. The predicted molar refractivity (Wildman–Crippen MR) is 103 cm³/mol. The zero-order chi connectivity index (χ0) is 19.0. The molecule has 0 unspecified atom stereocenters. The SMILES string of the molecule is CCCCCCCc1ccc(O[C@H]2CN[C@H](COP(=O)(O)O)C2)cc1Cl. The van der Waals surface area contributed by atoms with Crippen LogP contribution in [0.25, 0.3) is 0 Å². The van der Waals surface area contributed by atoms with Crippen molar-refractivity contribution in [1.29, 1.82) is 0 Å². The van der Waals surface area contributed by atoms with Crippen molar-refractivity contribution in [2.75, 3.05) is 13.2 Å². The van der Waals surface area contributed by atoms with Gasteiger partial charge < -0.3 is 19.8 Å². The number of hydrogen-bond donors (Lipinski definition) is 3. The van der Waals surface area contributed by atoms with Crippen LogP contribution in [0.15, 0.2) is 18.2 Å². The third-order valence-electron chi connectivity index (χ3n) is 4.50. The lowest BCUT2D eigenvalue weighted by Gasteiger charge is -2.15. The number of halogens is 1. The summed E-state index contributed by atoms with van der Waals surface area (Å²) in [6, 6.07) is 5.68. The first-order valence-electron chi connectivity index (χ1n) is 9.26. The third kappa shape index (κ3) is 7.95. The third-order valence-corrected chi connectivity index (χ3v) is 5.34. The van der Waals surface area contributed by atoms with Gasteiger partial charge in [-0.2, -0.15) is 0 Å². The monoisotopic (exact) mass is 405 g/mol. The standard InChI is InChI=1S/C18H29ClNO5P/c1-2-3-4-5-6-7-14-8-9-16(11-18(14)19)25-17-10-15(20-12-17)13-24-26(21,22)23/h8-9,11,15,17,20H,2-7,10,12-13H2,1H3,(H2,21,22,23)/t15-,17+/m0/s1. The van der Waals surface area contributed by atoms with Gasteiger partial charge in [0.15, 0.2) is 0 Å². The highest BCUT2D eigenvalue weighted by Crippen LogP contribution is 2.36. The first-order valence-corrected chi connectivity index (χ1v) is 11.2. The summed E-state index contributed by atoms with van der Waals surface area (Å²) in [6.45, 7) is 2.77. The second-order valence-corrected chi connectivity index (χ2v) is 8.43. The van der Waals surface area contributed by atoms with Gasteiger partial charge in [-0.05, 0) is 30.5 Å². The molecule has 1 aromatic carbocycles. The number of aryl methyl sites for hydroxylation is 1. The number of phosphoric acid groups is 1. The first-order chi connectivity index (χ1) is 12.4. The molecule has 2 rings (SSSR count). The molecule has 1 saturated heterocycles. The van der Waals surface area contributed by atoms with Crippen LogP contribution in [0.4, 0.5) is 0 Å². The summed E-state index contributed by atoms with van der Waals surface area (Å²) in [5.41, 5.74) is 1.15. The quantitative estimate of drug-likeness (QED) is 0.380. The molecule has 0 bridgehead atoms. The number of nitrogens with one attached hydrogen (secondary N) is 1. The number of rotatable bonds is 11. The number of unbranched alkanes of at least 4 members (excludes halogenated alkanes) is 4. The van der Waals surface area contributed by atoms with Crippen molar-refractivity contribution in [2.45, 2.75) is 64.0 Å². The van der Waals surface area contributed by atoms with E-state index < -0.39 is 7.82 Å². The fraction of sp³-hybridized carbons (Fsp3) is 0.667. The average Bonchev–Trinajstić information content (AvgIpc) is 3.01. The van der Waals surface area contributed by atoms with E-state index in [1.54, 1.807) is 0 Å². The Kier molecular flexibility index (Phi) is 8.88. The zero-order valence-electron chi connectivity index (χ0n) is 15.2. The van der Waals surface area contributed by atoms with E-state index in [1.807, 2.05) is 18.2 Å². The summed E-state index contributed by atoms with van der Waals surface area (Å²) in [7, 11) is -4.43. The maximum atomic E-state index is 10.8. The van der Waals surface area contributed by atoms with Gasteiger partial charge in [0.1, 0.15) is 11.9 Å². The fourth-order valence-electron chi connectivity index (χ4n) is 3.10. The van der Waals surface area contributed by atoms with Gasteiger partial charge in [-0.1, -0.05) is 50.3 Å². The van der Waals surface area contributed by atoms with E-state index in [4.69, 9.17) is 26.1 Å². The highest BCUT2D eigenvalue weighted by molar-refractivity contribution is 7.46. The molecule has 6 nitrogen and oxygen atoms in total. The molecule has 2 atom stereocenters. The molecule has 0 aromatic heterocycles. The molecule has 1 aliphatic rings. The van der Waals surface area contributed by atoms with Gasteiger partial charge in [-0.3, -0.25) is 4.52 Å². The summed E-state index contributed by atoms with van der Waals surface area (Å²) in [5, 5.41) is 3.87. The molecule has 0 radical (unpaired) electrons. The van der Waals surface area contributed by atoms with Gasteiger partial charge >= 0.3 is 7.82 Å². The largest absolute Gasteiger partial charge is 0.489 e. The Morgan fingerprint density at radius 2 is 2.04 bits per heavy atom. The van der Waals surface area contributed by atoms with Crippen molar-refractivity contribution in [3.05, 3.63) is 28.8 Å². The van der Waals surface area contributed by atoms with E-state index >= 15 is 0 Å². The second kappa shape index (κ2) is 10.6. The van der Waals surface area contributed by atoms with Crippen LogP contribution in [0.2, 0.25) is 5.02 Å². The molecule has 0 saturated carbocycles. The second-order valence-electron chi connectivity index (χ2n) is 6.78. The van der Waals surface area contributed by atoms with Crippen LogP contribution >= 0.6 is 19.4 Å². The molecular weight excluding hydrogens is 377 g/mol. The molecular formula is C18H29ClNO5P. The van der Waals surface area contributed by atoms with Crippen LogP contribution in [-0.4, -0.2) is 35.1 Å². The molecule has 0 amide bonds. The minimum absolute atomic E-state index is 0.0398.